The molecule has 26 valence electrons. The minimum Gasteiger partial charge on any atom is -0.0928 e. The molecule has 1 heteroatoms. The van der Waals surface area contributed by atoms with Gasteiger partial charge in [-0.3, -0.25) is 0 Å². The first-order valence-electron chi connectivity index (χ1n) is 3.37. The molecule has 0 rings (SSSR count). The summed E-state index contributed by atoms with van der Waals surface area (Å²) in [5.74, 6) is 0. The Bertz CT molecular complexity index is 94.9. The molecular formula is C3H7Br. The van der Waals surface area contributed by atoms with Gasteiger partial charge in [-0.15, -0.1) is 0 Å². The molecular weight excluding hydrogens is 116 g/mol. The van der Waals surface area contributed by atoms with Crippen molar-refractivity contribution >= 4 is 15.9 Å². The maximum atomic E-state index is 6.88. The Morgan fingerprint density at radius 2 is 3.25 bits per heavy atom. The highest BCUT2D eigenvalue weighted by Gasteiger charge is 1.58. The number of hydrogen-bond acceptors (Lipinski definition) is 0. The van der Waals surface area contributed by atoms with Crippen molar-refractivity contribution in [3.05, 3.63) is 0 Å². The normalized spacial score (nSPS) is 32.8. The van der Waals surface area contributed by atoms with Crippen molar-refractivity contribution in [1.29, 1.82) is 0 Å². The number of alkyl halides is 1. The molecule has 0 unspecified atom stereocenters. The predicted molar refractivity (Wildman–Crippen MR) is 24.1 cm³/mol. The molecule has 0 aromatic carbocycles. The van der Waals surface area contributed by atoms with Gasteiger partial charge in [0, 0.05) is 12.2 Å². The van der Waals surface area contributed by atoms with Crippen LogP contribution in [0.5, 0.6) is 0 Å². The summed E-state index contributed by atoms with van der Waals surface area (Å²) in [7, 11) is 0. The van der Waals surface area contributed by atoms with Crippen LogP contribution in [0.3, 0.4) is 0 Å². The average Bonchev–Trinajstić information content (AvgIpc) is 1.64. The Kier molecular flexibility index (Phi) is 0.656. The van der Waals surface area contributed by atoms with Crippen molar-refractivity contribution < 1.29 is 6.85 Å². The fraction of sp³-hybridized carbons (Fsp3) is 1.00. The lowest BCUT2D eigenvalue weighted by molar-refractivity contribution is 1.12. The topological polar surface area (TPSA) is 0 Å². The lowest BCUT2D eigenvalue weighted by Gasteiger charge is -1.66. The molecule has 0 fully saturated rings. The van der Waals surface area contributed by atoms with E-state index in [1.807, 2.05) is 0 Å². The first-order chi connectivity index (χ1) is 3.81. The van der Waals surface area contributed by atoms with Crippen molar-refractivity contribution in [2.75, 3.05) is 5.33 Å². The zero-order valence-electron chi connectivity index (χ0n) is 7.09. The third-order valence-corrected chi connectivity index (χ3v) is 0.347. The minimum atomic E-state index is -2.52. The second-order valence-electron chi connectivity index (χ2n) is 0.310. The minimum absolute atomic E-state index is 0.156. The second-order valence-corrected chi connectivity index (χ2v) is 0.871. The fourth-order valence-electron chi connectivity index (χ4n) is 0. The van der Waals surface area contributed by atoms with E-state index in [-0.39, 0.29) is 5.33 Å². The monoisotopic (exact) mass is 127 g/mol. The molecule has 0 atom stereocenters. The Labute approximate surface area is 42.4 Å². The fourth-order valence-corrected chi connectivity index (χ4v) is 0. The molecule has 0 heterocycles. The van der Waals surface area contributed by atoms with Crippen molar-refractivity contribution in [3.63, 3.8) is 0 Å². The SMILES string of the molecule is [2H]C([2H])([2H])C([2H])([2H])CBr. The smallest absolute Gasteiger partial charge is 0.0272 e. The number of halogens is 1. The van der Waals surface area contributed by atoms with Crippen LogP contribution >= 0.6 is 15.9 Å². The molecule has 0 radical (unpaired) electrons. The third kappa shape index (κ3) is 2.48. The van der Waals surface area contributed by atoms with Crippen LogP contribution in [-0.4, -0.2) is 5.33 Å². The van der Waals surface area contributed by atoms with E-state index in [9.17, 15) is 0 Å². The lowest BCUT2D eigenvalue weighted by Crippen LogP contribution is -1.54. The van der Waals surface area contributed by atoms with Gasteiger partial charge in [-0.1, -0.05) is 22.8 Å². The zero-order chi connectivity index (χ0) is 7.71. The predicted octanol–water partition coefficient (Wildman–Crippen LogP) is 1.79. The van der Waals surface area contributed by atoms with Gasteiger partial charge in [-0.2, -0.15) is 0 Å². The summed E-state index contributed by atoms with van der Waals surface area (Å²) >= 11 is 2.77. The molecule has 0 aliphatic rings. The van der Waals surface area contributed by atoms with E-state index in [2.05, 4.69) is 15.9 Å². The first-order valence-corrected chi connectivity index (χ1v) is 1.99. The molecule has 4 heavy (non-hydrogen) atoms. The molecule has 0 amide bonds. The first kappa shape index (κ1) is 0.754. The summed E-state index contributed by atoms with van der Waals surface area (Å²) in [5.41, 5.74) is 0. The van der Waals surface area contributed by atoms with Gasteiger partial charge in [0.1, 0.15) is 0 Å². The van der Waals surface area contributed by atoms with E-state index in [0.717, 1.165) is 0 Å². The highest BCUT2D eigenvalue weighted by atomic mass is 79.9. The van der Waals surface area contributed by atoms with Crippen LogP contribution in [0.25, 0.3) is 0 Å². The largest absolute Gasteiger partial charge is 0.0928 e. The molecule has 0 bridgehead atoms. The van der Waals surface area contributed by atoms with Crippen LogP contribution in [0.15, 0.2) is 0 Å². The van der Waals surface area contributed by atoms with Crippen molar-refractivity contribution in [3.8, 4) is 0 Å². The molecule has 0 saturated heterocycles. The van der Waals surface area contributed by atoms with Crippen LogP contribution in [0.1, 0.15) is 20.1 Å². The van der Waals surface area contributed by atoms with Crippen LogP contribution in [0.4, 0.5) is 0 Å². The molecule has 0 N–H and O–H groups in total. The number of hydrogen-bond donors (Lipinski definition) is 0. The Balaban J connectivity index is 4.14. The molecule has 0 aliphatic carbocycles. The van der Waals surface area contributed by atoms with Crippen molar-refractivity contribution in [2.24, 2.45) is 0 Å². The van der Waals surface area contributed by atoms with Gasteiger partial charge in [0.25, 0.3) is 0 Å². The maximum absolute atomic E-state index is 6.88. The average molecular weight is 128 g/mol. The van der Waals surface area contributed by atoms with Crippen molar-refractivity contribution in [2.45, 2.75) is 13.2 Å². The molecule has 0 aromatic rings. The molecule has 0 spiro atoms. The van der Waals surface area contributed by atoms with E-state index >= 15 is 0 Å². The summed E-state index contributed by atoms with van der Waals surface area (Å²) in [6, 6.07) is 0. The van der Waals surface area contributed by atoms with Crippen molar-refractivity contribution in [1.82, 2.24) is 0 Å². The summed E-state index contributed by atoms with van der Waals surface area (Å²) in [4.78, 5) is 0. The lowest BCUT2D eigenvalue weighted by atomic mass is 10.6. The van der Waals surface area contributed by atoms with Gasteiger partial charge in [0.05, 0.1) is 0 Å². The number of rotatable bonds is 1. The molecule has 0 aliphatic heterocycles. The van der Waals surface area contributed by atoms with E-state index in [1.165, 1.54) is 0 Å². The van der Waals surface area contributed by atoms with Gasteiger partial charge in [0.2, 0.25) is 0 Å². The van der Waals surface area contributed by atoms with Crippen LogP contribution < -0.4 is 0 Å². The summed E-state index contributed by atoms with van der Waals surface area (Å²) < 4.78 is 33.8. The van der Waals surface area contributed by atoms with Gasteiger partial charge >= 0.3 is 0 Å². The second kappa shape index (κ2) is 3.48. The van der Waals surface area contributed by atoms with E-state index in [0.29, 0.717) is 0 Å². The third-order valence-electron chi connectivity index (χ3n) is 0.0668. The van der Waals surface area contributed by atoms with E-state index in [1.54, 1.807) is 0 Å². The summed E-state index contributed by atoms with van der Waals surface area (Å²) in [6.45, 7) is -2.52. The highest BCUT2D eigenvalue weighted by molar-refractivity contribution is 9.09. The summed E-state index contributed by atoms with van der Waals surface area (Å²) in [6.07, 6.45) is -2.10. The Hall–Kier alpha value is 0.480. The highest BCUT2D eigenvalue weighted by Crippen LogP contribution is 1.80. The molecule has 0 saturated carbocycles. The van der Waals surface area contributed by atoms with Gasteiger partial charge in [-0.05, 0) is 6.37 Å². The van der Waals surface area contributed by atoms with Crippen LogP contribution in [-0.2, 0) is 0 Å². The van der Waals surface area contributed by atoms with Gasteiger partial charge in [-0.25, -0.2) is 0 Å². The van der Waals surface area contributed by atoms with Crippen LogP contribution in [0.2, 0.25) is 0 Å². The Morgan fingerprint density at radius 1 is 2.50 bits per heavy atom. The summed E-state index contributed by atoms with van der Waals surface area (Å²) in [5, 5.41) is -0.156. The van der Waals surface area contributed by atoms with Gasteiger partial charge < -0.3 is 0 Å². The van der Waals surface area contributed by atoms with E-state index in [4.69, 9.17) is 6.85 Å². The van der Waals surface area contributed by atoms with Gasteiger partial charge in [0.15, 0.2) is 0 Å². The standard InChI is InChI=1S/C3H7Br/c1-2-3-4/h2-3H2,1H3/i1D3,2D2. The zero-order valence-corrected chi connectivity index (χ0v) is 3.67. The molecule has 0 aromatic heterocycles. The molecule has 0 nitrogen and oxygen atoms in total. The maximum Gasteiger partial charge on any atom is 0.0272 e. The van der Waals surface area contributed by atoms with E-state index < -0.39 is 13.2 Å². The van der Waals surface area contributed by atoms with Crippen LogP contribution in [0, 0.1) is 0 Å². The Morgan fingerprint density at radius 3 is 3.25 bits per heavy atom. The quantitative estimate of drug-likeness (QED) is 0.472.